The van der Waals surface area contributed by atoms with Crippen LogP contribution in [0.3, 0.4) is 0 Å². The first kappa shape index (κ1) is 39.7. The minimum Gasteiger partial charge on any atom is -0.469 e. The molecule has 3 N–H and O–H groups in total. The van der Waals surface area contributed by atoms with Gasteiger partial charge in [-0.05, 0) is 36.8 Å². The molecule has 2 aliphatic rings. The maximum absolute atomic E-state index is 11.7. The minimum atomic E-state index is -3.11. The Morgan fingerprint density at radius 2 is 1.10 bits per heavy atom. The Kier molecular flexibility index (Phi) is 24.7. The lowest BCUT2D eigenvalue weighted by Gasteiger charge is -2.09. The molecular formula is C28H42N2O9S2. The molecule has 2 saturated carbocycles. The van der Waals surface area contributed by atoms with Crippen LogP contribution >= 0.6 is 0 Å². The predicted molar refractivity (Wildman–Crippen MR) is 155 cm³/mol. The summed E-state index contributed by atoms with van der Waals surface area (Å²) in [6.07, 6.45) is 9.02. The lowest BCUT2D eigenvalue weighted by Crippen LogP contribution is -2.28. The maximum atomic E-state index is 11.7. The first-order valence-electron chi connectivity index (χ1n) is 12.8. The van der Waals surface area contributed by atoms with E-state index in [0.29, 0.717) is 13.1 Å². The minimum absolute atomic E-state index is 0. The third-order valence-corrected chi connectivity index (χ3v) is 6.00. The molecule has 2 aromatic carbocycles. The van der Waals surface area contributed by atoms with Crippen molar-refractivity contribution in [3.05, 3.63) is 71.8 Å². The van der Waals surface area contributed by atoms with Gasteiger partial charge in [-0.2, -0.15) is 0 Å². The number of hydrogen-bond acceptors (Lipinski definition) is 10. The summed E-state index contributed by atoms with van der Waals surface area (Å²) in [5.74, 6) is 0.701. The largest absolute Gasteiger partial charge is 0.469 e. The summed E-state index contributed by atoms with van der Waals surface area (Å²) in [7, 11) is -4.76. The number of esters is 1. The topological polar surface area (TPSA) is 184 Å². The van der Waals surface area contributed by atoms with Gasteiger partial charge in [0.1, 0.15) is 0 Å². The molecule has 0 aliphatic heterocycles. The molecule has 0 radical (unpaired) electrons. The average Bonchev–Trinajstić information content (AvgIpc) is 3.68. The van der Waals surface area contributed by atoms with Gasteiger partial charge in [-0.25, -0.2) is 0 Å². The molecule has 0 aromatic heterocycles. The lowest BCUT2D eigenvalue weighted by molar-refractivity contribution is -0.145. The van der Waals surface area contributed by atoms with Crippen LogP contribution in [0.4, 0.5) is 0 Å². The fourth-order valence-corrected chi connectivity index (χ4v) is 4.06. The summed E-state index contributed by atoms with van der Waals surface area (Å²) < 4.78 is 55.3. The zero-order chi connectivity index (χ0) is 30.2. The second-order valence-electron chi connectivity index (χ2n) is 8.79. The smallest absolute Gasteiger partial charge is 0.425 e. The molecule has 41 heavy (non-hydrogen) atoms. The molecule has 0 unspecified atom stereocenters. The number of benzene rings is 2. The first-order valence-corrected chi connectivity index (χ1v) is 14.8. The second-order valence-corrected chi connectivity index (χ2v) is 9.60. The molecule has 2 aromatic rings. The van der Waals surface area contributed by atoms with Gasteiger partial charge in [0.25, 0.3) is 0 Å². The summed E-state index contributed by atoms with van der Waals surface area (Å²) >= 11 is 0. The lowest BCUT2D eigenvalue weighted by atomic mass is 10.1. The quantitative estimate of drug-likeness (QED) is 0.472. The van der Waals surface area contributed by atoms with Gasteiger partial charge < -0.3 is 15.8 Å². The van der Waals surface area contributed by atoms with Gasteiger partial charge in [-0.3, -0.25) is 9.59 Å². The third-order valence-electron chi connectivity index (χ3n) is 6.00. The number of nitrogens with one attached hydrogen (secondary N) is 1. The Morgan fingerprint density at radius 1 is 0.732 bits per heavy atom. The van der Waals surface area contributed by atoms with Gasteiger partial charge in [0.2, 0.25) is 5.91 Å². The van der Waals surface area contributed by atoms with Crippen LogP contribution in [-0.4, -0.2) is 44.2 Å². The molecule has 11 nitrogen and oxygen atoms in total. The molecule has 2 aliphatic carbocycles. The summed E-state index contributed by atoms with van der Waals surface area (Å²) in [5, 5.41) is 3.00. The van der Waals surface area contributed by atoms with Gasteiger partial charge in [-0.15, -0.1) is 25.3 Å². The third kappa shape index (κ3) is 23.0. The average molecular weight is 615 g/mol. The van der Waals surface area contributed by atoms with E-state index in [1.807, 2.05) is 60.7 Å². The number of carbonyl (C=O) groups excluding carboxylic acids is 2. The van der Waals surface area contributed by atoms with Gasteiger partial charge in [0.15, 0.2) is 0 Å². The van der Waals surface area contributed by atoms with Crippen LogP contribution in [0, 0.1) is 11.8 Å². The van der Waals surface area contributed by atoms with Crippen LogP contribution in [-0.2, 0) is 48.6 Å². The zero-order valence-corrected chi connectivity index (χ0v) is 24.2. The molecule has 0 spiro atoms. The highest BCUT2D eigenvalue weighted by Crippen LogP contribution is 2.25. The van der Waals surface area contributed by atoms with E-state index in [1.165, 1.54) is 43.9 Å². The van der Waals surface area contributed by atoms with Crippen molar-refractivity contribution < 1.29 is 39.6 Å². The van der Waals surface area contributed by atoms with Gasteiger partial charge in [-0.1, -0.05) is 93.8 Å². The van der Waals surface area contributed by atoms with Crippen LogP contribution in [0.2, 0.25) is 0 Å². The highest BCUT2D eigenvalue weighted by molar-refractivity contribution is 7.59. The van der Waals surface area contributed by atoms with Crippen molar-refractivity contribution in [3.63, 3.8) is 0 Å². The summed E-state index contributed by atoms with van der Waals surface area (Å²) in [6, 6.07) is 20.0. The van der Waals surface area contributed by atoms with E-state index in [-0.39, 0.29) is 31.1 Å². The molecular weight excluding hydrogens is 572 g/mol. The van der Waals surface area contributed by atoms with E-state index < -0.39 is 21.2 Å². The van der Waals surface area contributed by atoms with Gasteiger partial charge >= 0.3 is 27.2 Å². The number of carbonyl (C=O) groups is 2. The molecule has 0 heterocycles. The monoisotopic (exact) mass is 614 g/mol. The fourth-order valence-electron chi connectivity index (χ4n) is 4.06. The Balaban J connectivity index is 0. The summed E-state index contributed by atoms with van der Waals surface area (Å²) in [4.78, 5) is 22.5. The molecule has 0 atom stereocenters. The van der Waals surface area contributed by atoms with E-state index in [2.05, 4.69) is 10.1 Å². The van der Waals surface area contributed by atoms with Crippen molar-refractivity contribution in [1.29, 1.82) is 0 Å². The Bertz CT molecular complexity index is 1140. The molecule has 230 valence electrons. The first-order chi connectivity index (χ1) is 19.1. The second kappa shape index (κ2) is 25.5. The van der Waals surface area contributed by atoms with Crippen LogP contribution in [0.5, 0.6) is 0 Å². The number of amides is 1. The number of hydrogen-bond donors (Lipinski definition) is 2. The number of methoxy groups -OCH3 is 1. The molecule has 0 bridgehead atoms. The normalized spacial score (nSPS) is 13.4. The van der Waals surface area contributed by atoms with E-state index in [1.54, 1.807) is 0 Å². The number of rotatable bonds is 5. The Morgan fingerprint density at radius 3 is 1.44 bits per heavy atom. The number of nitrogens with two attached hydrogens (primary N) is 1. The molecule has 2 fully saturated rings. The SMILES string of the molecule is C.COC(=O)C1CCCC1.NCc1ccccc1.O=C(NCc1ccccc1)C1CCCC1.O=S(=O)=O.O=S(=O)=O. The maximum Gasteiger partial charge on any atom is 0.425 e. The van der Waals surface area contributed by atoms with Gasteiger partial charge in [0.05, 0.1) is 13.0 Å². The van der Waals surface area contributed by atoms with E-state index in [4.69, 9.17) is 31.0 Å². The summed E-state index contributed by atoms with van der Waals surface area (Å²) in [6.45, 7) is 1.30. The van der Waals surface area contributed by atoms with Crippen LogP contribution in [0.15, 0.2) is 60.7 Å². The van der Waals surface area contributed by atoms with Crippen molar-refractivity contribution in [2.45, 2.75) is 71.9 Å². The zero-order valence-electron chi connectivity index (χ0n) is 22.6. The van der Waals surface area contributed by atoms with Crippen molar-refractivity contribution in [2.24, 2.45) is 17.6 Å². The Labute approximate surface area is 246 Å². The molecule has 13 heteroatoms. The highest BCUT2D eigenvalue weighted by Gasteiger charge is 2.23. The summed E-state index contributed by atoms with van der Waals surface area (Å²) in [5.41, 5.74) is 7.71. The highest BCUT2D eigenvalue weighted by atomic mass is 32.2. The van der Waals surface area contributed by atoms with Crippen molar-refractivity contribution in [1.82, 2.24) is 5.32 Å². The standard InChI is InChI=1S/C13H17NO.C7H9N.C7H12O2.CH4.2O3S/c15-13(12-8-4-5-9-12)14-10-11-6-2-1-3-7-11;8-6-7-4-2-1-3-5-7;1-9-7(8)6-4-2-3-5-6;;2*1-4(2)3/h1-3,6-7,12H,4-5,8-10H2,(H,14,15);1-5H,6,8H2;6H,2-5H2,1H3;1H4;;. The van der Waals surface area contributed by atoms with E-state index >= 15 is 0 Å². The van der Waals surface area contributed by atoms with Crippen molar-refractivity contribution in [3.8, 4) is 0 Å². The fraction of sp³-hybridized carbons (Fsp3) is 0.500. The van der Waals surface area contributed by atoms with Crippen molar-refractivity contribution >= 4 is 33.1 Å². The molecule has 4 rings (SSSR count). The van der Waals surface area contributed by atoms with Crippen LogP contribution < -0.4 is 11.1 Å². The molecule has 0 saturated heterocycles. The van der Waals surface area contributed by atoms with Crippen molar-refractivity contribution in [2.75, 3.05) is 7.11 Å². The van der Waals surface area contributed by atoms with E-state index in [9.17, 15) is 9.59 Å². The Hall–Kier alpha value is -3.42. The number of ether oxygens (including phenoxy) is 1. The van der Waals surface area contributed by atoms with E-state index in [0.717, 1.165) is 25.7 Å². The molecule has 1 amide bonds. The van der Waals surface area contributed by atoms with Crippen LogP contribution in [0.25, 0.3) is 0 Å². The predicted octanol–water partition coefficient (Wildman–Crippen LogP) is 3.62. The van der Waals surface area contributed by atoms with Crippen LogP contribution in [0.1, 0.15) is 69.9 Å². The van der Waals surface area contributed by atoms with Gasteiger partial charge in [0, 0.05) is 19.0 Å².